The molecule has 1 aliphatic rings. The first-order chi connectivity index (χ1) is 9.16. The lowest BCUT2D eigenvalue weighted by molar-refractivity contribution is 0.475. The van der Waals surface area contributed by atoms with Crippen LogP contribution in [0.5, 0.6) is 5.75 Å². The van der Waals surface area contributed by atoms with Crippen molar-refractivity contribution in [2.45, 2.75) is 5.92 Å². The predicted molar refractivity (Wildman–Crippen MR) is 77.4 cm³/mol. The molecule has 0 fully saturated rings. The summed E-state index contributed by atoms with van der Waals surface area (Å²) < 4.78 is 0. The first-order valence-corrected chi connectivity index (χ1v) is 6.34. The number of likely N-dealkylation sites (N-methyl/N-ethyl adjacent to an activating group) is 1. The number of nitrogens with one attached hydrogen (secondary N) is 1. The number of nitrogens with zero attached hydrogens (tertiary/aromatic N) is 1. The first-order valence-electron chi connectivity index (χ1n) is 6.34. The maximum Gasteiger partial charge on any atom is 0.115 e. The molecular formula is C16H16N2O. The van der Waals surface area contributed by atoms with Gasteiger partial charge < -0.3 is 15.4 Å². The Hall–Kier alpha value is -2.29. The molecule has 96 valence electrons. The highest BCUT2D eigenvalue weighted by atomic mass is 16.3. The van der Waals surface area contributed by atoms with Crippen LogP contribution < -0.4 is 4.90 Å². The van der Waals surface area contributed by atoms with Crippen LogP contribution in [0.3, 0.4) is 0 Å². The number of hydrogen-bond donors (Lipinski definition) is 2. The number of phenolic OH excluding ortho intramolecular Hbond substituents is 1. The zero-order valence-electron chi connectivity index (χ0n) is 10.8. The Morgan fingerprint density at radius 3 is 2.58 bits per heavy atom. The molecule has 2 aromatic rings. The van der Waals surface area contributed by atoms with Crippen LogP contribution in [0.25, 0.3) is 0 Å². The van der Waals surface area contributed by atoms with Gasteiger partial charge in [-0.05, 0) is 41.5 Å². The van der Waals surface area contributed by atoms with Gasteiger partial charge in [0.25, 0.3) is 0 Å². The number of para-hydroxylation sites is 1. The molecular weight excluding hydrogens is 236 g/mol. The van der Waals surface area contributed by atoms with E-state index in [1.165, 1.54) is 11.3 Å². The second-order valence-corrected chi connectivity index (χ2v) is 4.95. The Kier molecular flexibility index (Phi) is 2.75. The summed E-state index contributed by atoms with van der Waals surface area (Å²) in [6.45, 7) is 0.832. The van der Waals surface area contributed by atoms with Crippen LogP contribution in [-0.4, -0.2) is 24.4 Å². The van der Waals surface area contributed by atoms with E-state index in [-0.39, 0.29) is 11.7 Å². The number of hydrogen-bond acceptors (Lipinski definition) is 3. The third-order valence-corrected chi connectivity index (χ3v) is 3.71. The summed E-state index contributed by atoms with van der Waals surface area (Å²) in [6.07, 6.45) is 0. The highest BCUT2D eigenvalue weighted by Crippen LogP contribution is 2.36. The maximum atomic E-state index is 9.32. The number of fused-ring (bicyclic) bond motifs is 1. The van der Waals surface area contributed by atoms with Crippen molar-refractivity contribution in [3.05, 3.63) is 59.7 Å². The third-order valence-electron chi connectivity index (χ3n) is 3.71. The van der Waals surface area contributed by atoms with Gasteiger partial charge in [-0.15, -0.1) is 0 Å². The molecule has 3 nitrogen and oxygen atoms in total. The van der Waals surface area contributed by atoms with Crippen molar-refractivity contribution in [1.29, 1.82) is 5.41 Å². The van der Waals surface area contributed by atoms with Gasteiger partial charge in [0.1, 0.15) is 5.75 Å². The topological polar surface area (TPSA) is 47.3 Å². The van der Waals surface area contributed by atoms with E-state index in [0.717, 1.165) is 12.1 Å². The number of phenols is 1. The zero-order valence-corrected chi connectivity index (χ0v) is 10.8. The van der Waals surface area contributed by atoms with Gasteiger partial charge in [-0.3, -0.25) is 0 Å². The average molecular weight is 252 g/mol. The maximum absolute atomic E-state index is 9.32. The van der Waals surface area contributed by atoms with Crippen molar-refractivity contribution >= 4 is 11.4 Å². The molecule has 19 heavy (non-hydrogen) atoms. The van der Waals surface area contributed by atoms with Gasteiger partial charge >= 0.3 is 0 Å². The molecule has 3 rings (SSSR count). The van der Waals surface area contributed by atoms with Crippen LogP contribution in [-0.2, 0) is 0 Å². The fraction of sp³-hybridized carbons (Fsp3) is 0.188. The first kappa shape index (κ1) is 11.8. The molecule has 3 heteroatoms. The lowest BCUT2D eigenvalue weighted by Crippen LogP contribution is -2.20. The molecule has 0 aromatic heterocycles. The van der Waals surface area contributed by atoms with Crippen LogP contribution in [0, 0.1) is 5.41 Å². The summed E-state index contributed by atoms with van der Waals surface area (Å²) >= 11 is 0. The molecule has 0 saturated heterocycles. The predicted octanol–water partition coefficient (Wildman–Crippen LogP) is 2.99. The highest BCUT2D eigenvalue weighted by molar-refractivity contribution is 6.05. The standard InChI is InChI=1S/C16H16N2O/c1-18-10-14(13-4-2-3-5-15(13)18)16(17)11-6-8-12(19)9-7-11/h2-9,14,17,19H,10H2,1H3. The Balaban J connectivity index is 1.96. The van der Waals surface area contributed by atoms with Gasteiger partial charge in [-0.2, -0.15) is 0 Å². The van der Waals surface area contributed by atoms with E-state index < -0.39 is 0 Å². The van der Waals surface area contributed by atoms with Gasteiger partial charge in [-0.25, -0.2) is 0 Å². The molecule has 0 bridgehead atoms. The smallest absolute Gasteiger partial charge is 0.115 e. The monoisotopic (exact) mass is 252 g/mol. The number of benzene rings is 2. The van der Waals surface area contributed by atoms with Crippen molar-refractivity contribution in [1.82, 2.24) is 0 Å². The van der Waals surface area contributed by atoms with Crippen molar-refractivity contribution in [2.75, 3.05) is 18.5 Å². The number of aromatic hydroxyl groups is 1. The van der Waals surface area contributed by atoms with Crippen molar-refractivity contribution in [2.24, 2.45) is 0 Å². The van der Waals surface area contributed by atoms with Crippen LogP contribution in [0.4, 0.5) is 5.69 Å². The molecule has 1 heterocycles. The van der Waals surface area contributed by atoms with Gasteiger partial charge in [-0.1, -0.05) is 18.2 Å². The fourth-order valence-electron chi connectivity index (χ4n) is 2.69. The summed E-state index contributed by atoms with van der Waals surface area (Å²) in [5.41, 5.74) is 3.89. The number of anilines is 1. The molecule has 0 saturated carbocycles. The summed E-state index contributed by atoms with van der Waals surface area (Å²) in [4.78, 5) is 2.19. The van der Waals surface area contributed by atoms with E-state index >= 15 is 0 Å². The number of rotatable bonds is 2. The zero-order chi connectivity index (χ0) is 13.4. The van der Waals surface area contributed by atoms with Gasteiger partial charge in [0.2, 0.25) is 0 Å². The van der Waals surface area contributed by atoms with Crippen molar-refractivity contribution in [3.63, 3.8) is 0 Å². The molecule has 0 radical (unpaired) electrons. The fourth-order valence-corrected chi connectivity index (χ4v) is 2.69. The Bertz CT molecular complexity index is 619. The molecule has 0 aliphatic carbocycles. The Morgan fingerprint density at radius 1 is 1.16 bits per heavy atom. The van der Waals surface area contributed by atoms with E-state index in [9.17, 15) is 5.11 Å². The summed E-state index contributed by atoms with van der Waals surface area (Å²) in [7, 11) is 2.06. The molecule has 0 amide bonds. The van der Waals surface area contributed by atoms with Gasteiger partial charge in [0, 0.05) is 30.9 Å². The minimum absolute atomic E-state index is 0.103. The van der Waals surface area contributed by atoms with Crippen molar-refractivity contribution < 1.29 is 5.11 Å². The highest BCUT2D eigenvalue weighted by Gasteiger charge is 2.29. The van der Waals surface area contributed by atoms with E-state index in [4.69, 9.17) is 5.41 Å². The molecule has 2 aromatic carbocycles. The van der Waals surface area contributed by atoms with E-state index in [2.05, 4.69) is 24.1 Å². The normalized spacial score (nSPS) is 17.3. The SMILES string of the molecule is CN1CC(C(=N)c2ccc(O)cc2)c2ccccc21. The van der Waals surface area contributed by atoms with Crippen LogP contribution in [0.1, 0.15) is 17.0 Å². The summed E-state index contributed by atoms with van der Waals surface area (Å²) in [6, 6.07) is 15.1. The van der Waals surface area contributed by atoms with Gasteiger partial charge in [0.15, 0.2) is 0 Å². The molecule has 1 unspecified atom stereocenters. The molecule has 1 aliphatic heterocycles. The Labute approximate surface area is 112 Å². The van der Waals surface area contributed by atoms with E-state index in [0.29, 0.717) is 5.71 Å². The van der Waals surface area contributed by atoms with Crippen LogP contribution >= 0.6 is 0 Å². The average Bonchev–Trinajstić information content (AvgIpc) is 2.77. The van der Waals surface area contributed by atoms with E-state index in [1.807, 2.05) is 12.1 Å². The second-order valence-electron chi connectivity index (χ2n) is 4.95. The summed E-state index contributed by atoms with van der Waals surface area (Å²) in [5.74, 6) is 0.339. The Morgan fingerprint density at radius 2 is 1.84 bits per heavy atom. The second kappa shape index (κ2) is 4.43. The van der Waals surface area contributed by atoms with E-state index in [1.54, 1.807) is 24.3 Å². The summed E-state index contributed by atoms with van der Waals surface area (Å²) in [5, 5.41) is 17.7. The van der Waals surface area contributed by atoms with Crippen molar-refractivity contribution in [3.8, 4) is 5.75 Å². The lowest BCUT2D eigenvalue weighted by Gasteiger charge is -2.14. The molecule has 0 spiro atoms. The minimum atomic E-state index is 0.103. The van der Waals surface area contributed by atoms with Gasteiger partial charge in [0.05, 0.1) is 0 Å². The molecule has 2 N–H and O–H groups in total. The molecule has 1 atom stereocenters. The third kappa shape index (κ3) is 1.97. The lowest BCUT2D eigenvalue weighted by atomic mass is 9.91. The quantitative estimate of drug-likeness (QED) is 0.807. The van der Waals surface area contributed by atoms with Crippen LogP contribution in [0.15, 0.2) is 48.5 Å². The minimum Gasteiger partial charge on any atom is -0.508 e. The largest absolute Gasteiger partial charge is 0.508 e. The van der Waals surface area contributed by atoms with Crippen LogP contribution in [0.2, 0.25) is 0 Å².